The van der Waals surface area contributed by atoms with Gasteiger partial charge in [0.2, 0.25) is 0 Å². The molecule has 2 heterocycles. The molecule has 0 aliphatic rings. The van der Waals surface area contributed by atoms with Crippen LogP contribution in [-0.2, 0) is 18.5 Å². The zero-order valence-corrected chi connectivity index (χ0v) is 18.8. The molecule has 4 rings (SSSR count). The van der Waals surface area contributed by atoms with Crippen LogP contribution in [0.15, 0.2) is 60.0 Å². The molecule has 4 nitrogen and oxygen atoms in total. The first kappa shape index (κ1) is 20.6. The zero-order valence-electron chi connectivity index (χ0n) is 17.3. The van der Waals surface area contributed by atoms with Gasteiger partial charge in [-0.25, -0.2) is 0 Å². The second kappa shape index (κ2) is 8.25. The van der Waals surface area contributed by atoms with E-state index in [-0.39, 0.29) is 11.3 Å². The van der Waals surface area contributed by atoms with Gasteiger partial charge in [-0.15, -0.1) is 11.3 Å². The van der Waals surface area contributed by atoms with Crippen molar-refractivity contribution in [1.29, 1.82) is 0 Å². The first-order valence-electron chi connectivity index (χ1n) is 9.87. The molecule has 154 valence electrons. The molecule has 0 bridgehead atoms. The lowest BCUT2D eigenvalue weighted by Crippen LogP contribution is -2.26. The van der Waals surface area contributed by atoms with Crippen LogP contribution < -0.4 is 5.32 Å². The van der Waals surface area contributed by atoms with Crippen molar-refractivity contribution in [2.45, 2.75) is 39.3 Å². The summed E-state index contributed by atoms with van der Waals surface area (Å²) in [5, 5.41) is 11.7. The van der Waals surface area contributed by atoms with Crippen molar-refractivity contribution in [2.24, 2.45) is 0 Å². The Hall–Kier alpha value is -2.63. The molecule has 0 atom stereocenters. The van der Waals surface area contributed by atoms with E-state index in [0.29, 0.717) is 23.8 Å². The van der Waals surface area contributed by atoms with Gasteiger partial charge in [0.1, 0.15) is 5.69 Å². The highest BCUT2D eigenvalue weighted by Gasteiger charge is 2.23. The summed E-state index contributed by atoms with van der Waals surface area (Å²) >= 11 is 7.81. The number of thiophene rings is 1. The molecule has 6 heteroatoms. The third-order valence-corrected chi connectivity index (χ3v) is 6.26. The van der Waals surface area contributed by atoms with Crippen LogP contribution in [0.3, 0.4) is 0 Å². The quantitative estimate of drug-likeness (QED) is 0.414. The van der Waals surface area contributed by atoms with Crippen LogP contribution in [0.1, 0.15) is 48.1 Å². The van der Waals surface area contributed by atoms with Crippen molar-refractivity contribution in [1.82, 2.24) is 15.1 Å². The Morgan fingerprint density at radius 1 is 1.13 bits per heavy atom. The van der Waals surface area contributed by atoms with Crippen molar-refractivity contribution >= 4 is 38.9 Å². The fourth-order valence-electron chi connectivity index (χ4n) is 3.30. The number of carbonyl (C=O) groups is 1. The second-order valence-corrected chi connectivity index (χ2v) is 9.74. The summed E-state index contributed by atoms with van der Waals surface area (Å²) < 4.78 is 2.96. The minimum Gasteiger partial charge on any atom is -0.347 e. The molecular formula is C24H24ClN3OS. The highest BCUT2D eigenvalue weighted by Crippen LogP contribution is 2.29. The van der Waals surface area contributed by atoms with Gasteiger partial charge in [-0.1, -0.05) is 62.7 Å². The molecule has 0 unspecified atom stereocenters. The Bertz CT molecular complexity index is 1190. The van der Waals surface area contributed by atoms with Crippen molar-refractivity contribution < 1.29 is 4.79 Å². The highest BCUT2D eigenvalue weighted by atomic mass is 35.5. The van der Waals surface area contributed by atoms with Crippen molar-refractivity contribution in [2.75, 3.05) is 0 Å². The smallest absolute Gasteiger partial charge is 0.269 e. The van der Waals surface area contributed by atoms with E-state index >= 15 is 0 Å². The number of benzene rings is 2. The number of hydrogen-bond donors (Lipinski definition) is 1. The average molecular weight is 438 g/mol. The van der Waals surface area contributed by atoms with E-state index in [1.165, 1.54) is 0 Å². The Balaban J connectivity index is 1.59. The lowest BCUT2D eigenvalue weighted by molar-refractivity contribution is 0.0941. The molecule has 0 radical (unpaired) electrons. The molecular weight excluding hydrogens is 414 g/mol. The van der Waals surface area contributed by atoms with Crippen molar-refractivity contribution in [3.05, 3.63) is 87.5 Å². The fourth-order valence-corrected chi connectivity index (χ4v) is 4.42. The zero-order chi connectivity index (χ0) is 21.3. The third-order valence-electron chi connectivity index (χ3n) is 5.01. The van der Waals surface area contributed by atoms with E-state index < -0.39 is 0 Å². The van der Waals surface area contributed by atoms with Crippen LogP contribution in [0.2, 0.25) is 5.02 Å². The second-order valence-electron chi connectivity index (χ2n) is 8.39. The van der Waals surface area contributed by atoms with E-state index in [4.69, 9.17) is 16.7 Å². The maximum absolute atomic E-state index is 13.1. The summed E-state index contributed by atoms with van der Waals surface area (Å²) in [5.41, 5.74) is 3.50. The normalized spacial score (nSPS) is 11.7. The molecule has 0 saturated heterocycles. The lowest BCUT2D eigenvalue weighted by Gasteiger charge is -2.14. The molecule has 4 aromatic rings. The SMILES string of the molecule is CC(C)(C)c1cc(C(=O)NCc2csc3ccc(Cl)cc23)n(Cc2ccccc2)n1. The number of aromatic nitrogens is 2. The molecule has 0 saturated carbocycles. The molecule has 1 amide bonds. The van der Waals surface area contributed by atoms with E-state index in [2.05, 4.69) is 31.5 Å². The number of fused-ring (bicyclic) bond motifs is 1. The number of hydrogen-bond acceptors (Lipinski definition) is 3. The number of nitrogens with zero attached hydrogens (tertiary/aromatic N) is 2. The monoisotopic (exact) mass is 437 g/mol. The van der Waals surface area contributed by atoms with Gasteiger partial charge in [0.25, 0.3) is 5.91 Å². The van der Waals surface area contributed by atoms with Crippen LogP contribution in [0, 0.1) is 0 Å². The summed E-state index contributed by atoms with van der Waals surface area (Å²) in [7, 11) is 0. The van der Waals surface area contributed by atoms with Gasteiger partial charge in [0, 0.05) is 21.7 Å². The van der Waals surface area contributed by atoms with Crippen LogP contribution in [0.4, 0.5) is 0 Å². The Kier molecular flexibility index (Phi) is 5.67. The number of nitrogens with one attached hydrogen (secondary N) is 1. The maximum atomic E-state index is 13.1. The third kappa shape index (κ3) is 4.42. The maximum Gasteiger partial charge on any atom is 0.269 e. The van der Waals surface area contributed by atoms with Crippen LogP contribution >= 0.6 is 22.9 Å². The van der Waals surface area contributed by atoms with Crippen LogP contribution in [0.5, 0.6) is 0 Å². The van der Waals surface area contributed by atoms with E-state index in [0.717, 1.165) is 26.9 Å². The molecule has 0 fully saturated rings. The van der Waals surface area contributed by atoms with E-state index in [1.54, 1.807) is 16.0 Å². The fraction of sp³-hybridized carbons (Fsp3) is 0.250. The number of halogens is 1. The van der Waals surface area contributed by atoms with Crippen molar-refractivity contribution in [3.63, 3.8) is 0 Å². The van der Waals surface area contributed by atoms with E-state index in [9.17, 15) is 4.79 Å². The first-order chi connectivity index (χ1) is 14.3. The lowest BCUT2D eigenvalue weighted by atomic mass is 9.92. The Labute approximate surface area is 185 Å². The Morgan fingerprint density at radius 2 is 1.90 bits per heavy atom. The minimum absolute atomic E-state index is 0.129. The van der Waals surface area contributed by atoms with E-state index in [1.807, 2.05) is 54.6 Å². The largest absolute Gasteiger partial charge is 0.347 e. The summed E-state index contributed by atoms with van der Waals surface area (Å²) in [6, 6.07) is 17.8. The number of rotatable bonds is 5. The number of carbonyl (C=O) groups excluding carboxylic acids is 1. The van der Waals surface area contributed by atoms with Gasteiger partial charge < -0.3 is 5.32 Å². The molecule has 2 aromatic heterocycles. The predicted molar refractivity (Wildman–Crippen MR) is 124 cm³/mol. The highest BCUT2D eigenvalue weighted by molar-refractivity contribution is 7.17. The van der Waals surface area contributed by atoms with Gasteiger partial charge in [0.05, 0.1) is 12.2 Å². The first-order valence-corrected chi connectivity index (χ1v) is 11.1. The van der Waals surface area contributed by atoms with Crippen LogP contribution in [0.25, 0.3) is 10.1 Å². The molecule has 0 aliphatic heterocycles. The summed E-state index contributed by atoms with van der Waals surface area (Å²) in [5.74, 6) is -0.129. The standard InChI is InChI=1S/C24H24ClN3OS/c1-24(2,3)22-12-20(28(27-22)14-16-7-5-4-6-8-16)23(29)26-13-17-15-30-21-10-9-18(25)11-19(17)21/h4-12,15H,13-14H2,1-3H3,(H,26,29). The Morgan fingerprint density at radius 3 is 2.63 bits per heavy atom. The van der Waals surface area contributed by atoms with Gasteiger partial charge in [-0.2, -0.15) is 5.10 Å². The minimum atomic E-state index is -0.142. The van der Waals surface area contributed by atoms with Gasteiger partial charge >= 0.3 is 0 Å². The molecule has 1 N–H and O–H groups in total. The number of amides is 1. The van der Waals surface area contributed by atoms with Crippen LogP contribution in [-0.4, -0.2) is 15.7 Å². The summed E-state index contributed by atoms with van der Waals surface area (Å²) in [6.45, 7) is 7.30. The predicted octanol–water partition coefficient (Wildman–Crippen LogP) is 6.03. The van der Waals surface area contributed by atoms with Gasteiger partial charge in [-0.3, -0.25) is 9.48 Å². The molecule has 30 heavy (non-hydrogen) atoms. The molecule has 0 spiro atoms. The van der Waals surface area contributed by atoms with Crippen molar-refractivity contribution in [3.8, 4) is 0 Å². The average Bonchev–Trinajstić information content (AvgIpc) is 3.31. The van der Waals surface area contributed by atoms with Gasteiger partial charge in [0.15, 0.2) is 0 Å². The van der Waals surface area contributed by atoms with Gasteiger partial charge in [-0.05, 0) is 46.2 Å². The molecule has 0 aliphatic carbocycles. The summed E-state index contributed by atoms with van der Waals surface area (Å²) in [4.78, 5) is 13.1. The summed E-state index contributed by atoms with van der Waals surface area (Å²) in [6.07, 6.45) is 0. The topological polar surface area (TPSA) is 46.9 Å². The molecule has 2 aromatic carbocycles.